The summed E-state index contributed by atoms with van der Waals surface area (Å²) in [5, 5.41) is 0. The zero-order chi connectivity index (χ0) is 15.1. The van der Waals surface area contributed by atoms with E-state index in [0.29, 0.717) is 18.7 Å². The normalized spacial score (nSPS) is 16.7. The fraction of sp³-hybridized carbons (Fsp3) is 0.538. The summed E-state index contributed by atoms with van der Waals surface area (Å²) in [5.74, 6) is -0.150. The van der Waals surface area contributed by atoms with Crippen molar-refractivity contribution in [2.75, 3.05) is 26.1 Å². The molecule has 0 amide bonds. The van der Waals surface area contributed by atoms with Crippen LogP contribution in [0, 0.1) is 0 Å². The fourth-order valence-electron chi connectivity index (χ4n) is 2.22. The molecular formula is C13H15F3N2O2. The Morgan fingerprint density at radius 1 is 1.40 bits per heavy atom. The number of alkyl halides is 3. The van der Waals surface area contributed by atoms with Gasteiger partial charge in [0.25, 0.3) is 0 Å². The second-order valence-electron chi connectivity index (χ2n) is 5.06. The molecule has 0 aromatic carbocycles. The molecule has 1 fully saturated rings. The molecule has 1 aromatic rings. The van der Waals surface area contributed by atoms with Crippen LogP contribution in [0.1, 0.15) is 24.0 Å². The van der Waals surface area contributed by atoms with Crippen molar-refractivity contribution in [3.05, 3.63) is 23.4 Å². The molecule has 0 spiro atoms. The van der Waals surface area contributed by atoms with Crippen LogP contribution in [0.3, 0.4) is 0 Å². The van der Waals surface area contributed by atoms with E-state index in [1.54, 1.807) is 19.0 Å². The van der Waals surface area contributed by atoms with E-state index in [-0.39, 0.29) is 5.56 Å². The second kappa shape index (κ2) is 4.64. The summed E-state index contributed by atoms with van der Waals surface area (Å²) in [6.45, 7) is 0. The molecule has 0 unspecified atom stereocenters. The van der Waals surface area contributed by atoms with Crippen molar-refractivity contribution in [1.82, 2.24) is 4.98 Å². The number of anilines is 1. The summed E-state index contributed by atoms with van der Waals surface area (Å²) in [7, 11) is 4.58. The number of pyridine rings is 1. The van der Waals surface area contributed by atoms with Gasteiger partial charge in [0.2, 0.25) is 0 Å². The summed E-state index contributed by atoms with van der Waals surface area (Å²) >= 11 is 0. The van der Waals surface area contributed by atoms with Gasteiger partial charge in [-0.2, -0.15) is 13.2 Å². The molecule has 1 saturated carbocycles. The van der Waals surface area contributed by atoms with Gasteiger partial charge in [0.15, 0.2) is 0 Å². The molecular weight excluding hydrogens is 273 g/mol. The van der Waals surface area contributed by atoms with Crippen LogP contribution in [0.2, 0.25) is 0 Å². The summed E-state index contributed by atoms with van der Waals surface area (Å²) in [5.41, 5.74) is -1.56. The van der Waals surface area contributed by atoms with Crippen molar-refractivity contribution in [1.29, 1.82) is 0 Å². The highest BCUT2D eigenvalue weighted by Crippen LogP contribution is 2.52. The van der Waals surface area contributed by atoms with Gasteiger partial charge in [-0.25, -0.2) is 4.98 Å². The Kier molecular flexibility index (Phi) is 3.39. The van der Waals surface area contributed by atoms with Crippen LogP contribution < -0.4 is 4.90 Å². The zero-order valence-electron chi connectivity index (χ0n) is 11.4. The van der Waals surface area contributed by atoms with Crippen LogP contribution in [0.25, 0.3) is 0 Å². The van der Waals surface area contributed by atoms with Crippen molar-refractivity contribution in [2.24, 2.45) is 0 Å². The number of carbonyl (C=O) groups is 1. The van der Waals surface area contributed by atoms with Gasteiger partial charge in [0.05, 0.1) is 18.1 Å². The molecule has 0 atom stereocenters. The lowest BCUT2D eigenvalue weighted by Gasteiger charge is -2.22. The zero-order valence-corrected chi connectivity index (χ0v) is 11.4. The number of halogens is 3. The lowest BCUT2D eigenvalue weighted by Crippen LogP contribution is -2.26. The third-order valence-corrected chi connectivity index (χ3v) is 3.46. The predicted molar refractivity (Wildman–Crippen MR) is 66.5 cm³/mol. The summed E-state index contributed by atoms with van der Waals surface area (Å²) in [4.78, 5) is 17.3. The summed E-state index contributed by atoms with van der Waals surface area (Å²) in [6.07, 6.45) is -2.75. The van der Waals surface area contributed by atoms with E-state index < -0.39 is 23.1 Å². The Morgan fingerprint density at radius 2 is 2.00 bits per heavy atom. The van der Waals surface area contributed by atoms with Gasteiger partial charge < -0.3 is 9.64 Å². The molecule has 2 rings (SSSR count). The molecule has 1 aromatic heterocycles. The number of carbonyl (C=O) groups excluding carboxylic acids is 1. The predicted octanol–water partition coefficient (Wildman–Crippen LogP) is 2.37. The van der Waals surface area contributed by atoms with Crippen molar-refractivity contribution in [3.8, 4) is 0 Å². The van der Waals surface area contributed by atoms with Crippen LogP contribution in [0.4, 0.5) is 19.0 Å². The Balaban J connectivity index is 2.57. The molecule has 1 aliphatic carbocycles. The minimum atomic E-state index is -4.49. The van der Waals surface area contributed by atoms with Crippen molar-refractivity contribution < 1.29 is 22.7 Å². The van der Waals surface area contributed by atoms with E-state index in [4.69, 9.17) is 4.74 Å². The quantitative estimate of drug-likeness (QED) is 0.801. The average molecular weight is 288 g/mol. The minimum absolute atomic E-state index is 0.282. The third kappa shape index (κ3) is 2.32. The van der Waals surface area contributed by atoms with Crippen molar-refractivity contribution in [3.63, 3.8) is 0 Å². The first-order valence-corrected chi connectivity index (χ1v) is 6.06. The number of methoxy groups -OCH3 is 1. The first kappa shape index (κ1) is 14.6. The Bertz CT molecular complexity index is 537. The van der Waals surface area contributed by atoms with Gasteiger partial charge in [-0.15, -0.1) is 0 Å². The highest BCUT2D eigenvalue weighted by molar-refractivity contribution is 5.88. The smallest absolute Gasteiger partial charge is 0.417 e. The maximum absolute atomic E-state index is 12.8. The summed E-state index contributed by atoms with van der Waals surface area (Å²) in [6, 6.07) is 1.01. The lowest BCUT2D eigenvalue weighted by atomic mass is 9.94. The first-order chi connectivity index (χ1) is 9.22. The Morgan fingerprint density at radius 3 is 2.40 bits per heavy atom. The molecule has 1 heterocycles. The van der Waals surface area contributed by atoms with Gasteiger partial charge in [0.1, 0.15) is 5.82 Å². The molecule has 110 valence electrons. The maximum Gasteiger partial charge on any atom is 0.417 e. The lowest BCUT2D eigenvalue weighted by molar-refractivity contribution is -0.144. The van der Waals surface area contributed by atoms with Gasteiger partial charge in [0, 0.05) is 25.9 Å². The van der Waals surface area contributed by atoms with Crippen LogP contribution in [-0.4, -0.2) is 32.2 Å². The maximum atomic E-state index is 12.8. The molecule has 0 saturated heterocycles. The van der Waals surface area contributed by atoms with Gasteiger partial charge >= 0.3 is 12.1 Å². The topological polar surface area (TPSA) is 42.4 Å². The molecule has 0 radical (unpaired) electrons. The Labute approximate surface area is 114 Å². The molecule has 0 aliphatic heterocycles. The van der Waals surface area contributed by atoms with Gasteiger partial charge in [-0.05, 0) is 18.9 Å². The molecule has 4 nitrogen and oxygen atoms in total. The monoisotopic (exact) mass is 288 g/mol. The van der Waals surface area contributed by atoms with Gasteiger partial charge in [-0.3, -0.25) is 4.79 Å². The fourth-order valence-corrected chi connectivity index (χ4v) is 2.22. The largest absolute Gasteiger partial charge is 0.468 e. The molecule has 0 N–H and O–H groups in total. The SMILES string of the molecule is COC(=O)C1(c2cc(C(F)(F)F)cnc2N(C)C)CC1. The van der Waals surface area contributed by atoms with E-state index in [9.17, 15) is 18.0 Å². The third-order valence-electron chi connectivity index (χ3n) is 3.46. The highest BCUT2D eigenvalue weighted by Gasteiger charge is 2.55. The number of hydrogen-bond acceptors (Lipinski definition) is 4. The summed E-state index contributed by atoms with van der Waals surface area (Å²) < 4.78 is 43.2. The minimum Gasteiger partial charge on any atom is -0.468 e. The Hall–Kier alpha value is -1.79. The average Bonchev–Trinajstić information content (AvgIpc) is 3.17. The number of rotatable bonds is 3. The van der Waals surface area contributed by atoms with Crippen LogP contribution in [-0.2, 0) is 21.1 Å². The molecule has 7 heteroatoms. The van der Waals surface area contributed by atoms with Crippen molar-refractivity contribution >= 4 is 11.8 Å². The number of nitrogens with zero attached hydrogens (tertiary/aromatic N) is 2. The van der Waals surface area contributed by atoms with E-state index in [1.165, 1.54) is 7.11 Å². The first-order valence-electron chi connectivity index (χ1n) is 6.06. The number of aromatic nitrogens is 1. The van der Waals surface area contributed by atoms with Crippen LogP contribution >= 0.6 is 0 Å². The van der Waals surface area contributed by atoms with E-state index in [2.05, 4.69) is 4.98 Å². The van der Waals surface area contributed by atoms with Crippen molar-refractivity contribution in [2.45, 2.75) is 24.4 Å². The second-order valence-corrected chi connectivity index (χ2v) is 5.06. The van der Waals surface area contributed by atoms with E-state index >= 15 is 0 Å². The van der Waals surface area contributed by atoms with Crippen LogP contribution in [0.15, 0.2) is 12.3 Å². The molecule has 20 heavy (non-hydrogen) atoms. The standard InChI is InChI=1S/C13H15F3N2O2/c1-18(2)10-9(12(4-5-12)11(19)20-3)6-8(7-17-10)13(14,15)16/h6-7H,4-5H2,1-3H3. The van der Waals surface area contributed by atoms with E-state index in [0.717, 1.165) is 12.3 Å². The number of hydrogen-bond donors (Lipinski definition) is 0. The van der Waals surface area contributed by atoms with Gasteiger partial charge in [-0.1, -0.05) is 0 Å². The van der Waals surface area contributed by atoms with E-state index in [1.807, 2.05) is 0 Å². The number of esters is 1. The molecule has 1 aliphatic rings. The number of ether oxygens (including phenoxy) is 1. The van der Waals surface area contributed by atoms with Crippen LogP contribution in [0.5, 0.6) is 0 Å². The highest BCUT2D eigenvalue weighted by atomic mass is 19.4. The molecule has 0 bridgehead atoms.